The number of alkyl halides is 3. The Morgan fingerprint density at radius 3 is 2.60 bits per heavy atom. The molecule has 0 N–H and O–H groups in total. The Kier molecular flexibility index (Phi) is 5.46. The van der Waals surface area contributed by atoms with Crippen molar-refractivity contribution in [2.75, 3.05) is 13.1 Å². The van der Waals surface area contributed by atoms with Gasteiger partial charge in [-0.25, -0.2) is 4.98 Å². The summed E-state index contributed by atoms with van der Waals surface area (Å²) < 4.78 is 44.1. The average molecular weight is 437 g/mol. The van der Waals surface area contributed by atoms with Gasteiger partial charge >= 0.3 is 6.18 Å². The highest BCUT2D eigenvalue weighted by atomic mass is 35.5. The zero-order valence-corrected chi connectivity index (χ0v) is 16.3. The molecule has 3 heterocycles. The minimum absolute atomic E-state index is 0.0653. The zero-order valence-electron chi connectivity index (χ0n) is 15.6. The molecular formula is C20H16ClF3N4O2. The van der Waals surface area contributed by atoms with Crippen molar-refractivity contribution in [1.29, 1.82) is 0 Å². The van der Waals surface area contributed by atoms with E-state index in [1.807, 2.05) is 0 Å². The summed E-state index contributed by atoms with van der Waals surface area (Å²) >= 11 is 5.75. The number of piperidine rings is 1. The van der Waals surface area contributed by atoms with Gasteiger partial charge in [0.15, 0.2) is 0 Å². The van der Waals surface area contributed by atoms with E-state index in [0.29, 0.717) is 42.5 Å². The summed E-state index contributed by atoms with van der Waals surface area (Å²) in [6.07, 6.45) is -1.79. The van der Waals surface area contributed by atoms with Gasteiger partial charge in [-0.05, 0) is 37.1 Å². The number of hydrogen-bond acceptors (Lipinski definition) is 5. The van der Waals surface area contributed by atoms with Crippen molar-refractivity contribution < 1.29 is 22.5 Å². The molecule has 1 aliphatic heterocycles. The lowest BCUT2D eigenvalue weighted by molar-refractivity contribution is -0.137. The summed E-state index contributed by atoms with van der Waals surface area (Å²) in [7, 11) is 0. The molecule has 1 aliphatic rings. The third-order valence-corrected chi connectivity index (χ3v) is 5.22. The van der Waals surface area contributed by atoms with Crippen LogP contribution in [0.25, 0.3) is 11.4 Å². The highest BCUT2D eigenvalue weighted by Crippen LogP contribution is 2.33. The molecule has 10 heteroatoms. The van der Waals surface area contributed by atoms with Crippen LogP contribution in [0, 0.1) is 0 Å². The normalized spacial score (nSPS) is 15.4. The van der Waals surface area contributed by atoms with Crippen molar-refractivity contribution in [3.05, 3.63) is 64.8 Å². The molecule has 0 atom stereocenters. The second kappa shape index (κ2) is 8.06. The van der Waals surface area contributed by atoms with Gasteiger partial charge in [0.1, 0.15) is 5.15 Å². The number of rotatable bonds is 3. The average Bonchev–Trinajstić information content (AvgIpc) is 3.24. The van der Waals surface area contributed by atoms with Gasteiger partial charge in [-0.15, -0.1) is 0 Å². The molecule has 1 aromatic carbocycles. The minimum Gasteiger partial charge on any atom is -0.339 e. The quantitative estimate of drug-likeness (QED) is 0.550. The van der Waals surface area contributed by atoms with Crippen LogP contribution in [0.5, 0.6) is 0 Å². The van der Waals surface area contributed by atoms with E-state index in [1.54, 1.807) is 17.0 Å². The number of hydrogen-bond donors (Lipinski definition) is 0. The van der Waals surface area contributed by atoms with Crippen molar-refractivity contribution in [2.45, 2.75) is 24.9 Å². The van der Waals surface area contributed by atoms with E-state index >= 15 is 0 Å². The van der Waals surface area contributed by atoms with E-state index in [0.717, 1.165) is 12.1 Å². The number of nitrogens with zero attached hydrogens (tertiary/aromatic N) is 4. The lowest BCUT2D eigenvalue weighted by atomic mass is 9.96. The monoisotopic (exact) mass is 436 g/mol. The van der Waals surface area contributed by atoms with Crippen LogP contribution >= 0.6 is 11.6 Å². The number of aromatic nitrogens is 3. The Hall–Kier alpha value is -2.94. The van der Waals surface area contributed by atoms with Crippen LogP contribution < -0.4 is 0 Å². The molecule has 30 heavy (non-hydrogen) atoms. The Balaban J connectivity index is 1.42. The van der Waals surface area contributed by atoms with E-state index in [4.69, 9.17) is 16.1 Å². The molecule has 0 spiro atoms. The van der Waals surface area contributed by atoms with Crippen LogP contribution in [0.4, 0.5) is 13.2 Å². The van der Waals surface area contributed by atoms with Crippen molar-refractivity contribution in [3.8, 4) is 11.4 Å². The molecule has 1 fully saturated rings. The molecule has 1 saturated heterocycles. The van der Waals surface area contributed by atoms with E-state index < -0.39 is 11.7 Å². The predicted octanol–water partition coefficient (Wildman–Crippen LogP) is 4.82. The van der Waals surface area contributed by atoms with Crippen LogP contribution in [0.2, 0.25) is 5.15 Å². The lowest BCUT2D eigenvalue weighted by Gasteiger charge is -2.30. The molecule has 156 valence electrons. The molecule has 0 aliphatic carbocycles. The van der Waals surface area contributed by atoms with Gasteiger partial charge in [0.25, 0.3) is 5.91 Å². The Morgan fingerprint density at radius 2 is 1.93 bits per heavy atom. The molecule has 2 aromatic heterocycles. The van der Waals surface area contributed by atoms with Crippen molar-refractivity contribution in [3.63, 3.8) is 0 Å². The largest absolute Gasteiger partial charge is 0.416 e. The lowest BCUT2D eigenvalue weighted by Crippen LogP contribution is -2.38. The molecule has 0 bridgehead atoms. The number of pyridine rings is 1. The van der Waals surface area contributed by atoms with Crippen LogP contribution in [-0.2, 0) is 6.18 Å². The topological polar surface area (TPSA) is 72.1 Å². The highest BCUT2D eigenvalue weighted by Gasteiger charge is 2.31. The molecule has 4 rings (SSSR count). The van der Waals surface area contributed by atoms with Gasteiger partial charge in [-0.3, -0.25) is 4.79 Å². The molecule has 0 radical (unpaired) electrons. The van der Waals surface area contributed by atoms with E-state index in [1.165, 1.54) is 18.3 Å². The van der Waals surface area contributed by atoms with Gasteiger partial charge in [-0.1, -0.05) is 28.9 Å². The second-order valence-electron chi connectivity index (χ2n) is 6.97. The van der Waals surface area contributed by atoms with Crippen molar-refractivity contribution >= 4 is 17.5 Å². The number of likely N-dealkylation sites (tertiary alicyclic amines) is 1. The molecule has 0 saturated carbocycles. The summed E-state index contributed by atoms with van der Waals surface area (Å²) in [5.74, 6) is 0.279. The van der Waals surface area contributed by atoms with Gasteiger partial charge in [0.05, 0.1) is 11.1 Å². The van der Waals surface area contributed by atoms with Crippen LogP contribution in [0.15, 0.2) is 47.1 Å². The third-order valence-electron chi connectivity index (χ3n) is 5.00. The molecule has 6 nitrogen and oxygen atoms in total. The molecule has 0 unspecified atom stereocenters. The number of amides is 1. The summed E-state index contributed by atoms with van der Waals surface area (Å²) in [5.41, 5.74) is -0.0694. The standard InChI is InChI=1S/C20H16ClF3N4O2/c21-16-5-4-14(11-25-16)19(29)28-8-6-12(7-9-28)18-26-17(27-30-18)13-2-1-3-15(10-13)20(22,23)24/h1-5,10-12H,6-9H2. The fourth-order valence-electron chi connectivity index (χ4n) is 3.37. The van der Waals surface area contributed by atoms with Crippen molar-refractivity contribution in [1.82, 2.24) is 20.0 Å². The maximum absolute atomic E-state index is 12.9. The van der Waals surface area contributed by atoms with Gasteiger partial charge in [0, 0.05) is 30.8 Å². The van der Waals surface area contributed by atoms with E-state index in [9.17, 15) is 18.0 Å². The van der Waals surface area contributed by atoms with E-state index in [2.05, 4.69) is 15.1 Å². The first kappa shape index (κ1) is 20.3. The summed E-state index contributed by atoms with van der Waals surface area (Å²) in [6.45, 7) is 0.987. The summed E-state index contributed by atoms with van der Waals surface area (Å²) in [4.78, 5) is 22.5. The van der Waals surface area contributed by atoms with Gasteiger partial charge in [-0.2, -0.15) is 18.2 Å². The summed E-state index contributed by atoms with van der Waals surface area (Å²) in [6, 6.07) is 8.00. The fraction of sp³-hybridized carbons (Fsp3) is 0.300. The van der Waals surface area contributed by atoms with Gasteiger partial charge < -0.3 is 9.42 Å². The number of carbonyl (C=O) groups is 1. The third kappa shape index (κ3) is 4.30. The first-order valence-electron chi connectivity index (χ1n) is 9.23. The smallest absolute Gasteiger partial charge is 0.339 e. The Bertz CT molecular complexity index is 1040. The Labute approximate surface area is 174 Å². The van der Waals surface area contributed by atoms with Crippen LogP contribution in [0.3, 0.4) is 0 Å². The molecular weight excluding hydrogens is 421 g/mol. The molecule has 3 aromatic rings. The zero-order chi connectivity index (χ0) is 21.3. The second-order valence-corrected chi connectivity index (χ2v) is 7.36. The minimum atomic E-state index is -4.44. The Morgan fingerprint density at radius 1 is 1.17 bits per heavy atom. The summed E-state index contributed by atoms with van der Waals surface area (Å²) in [5, 5.41) is 4.16. The number of carbonyl (C=O) groups excluding carboxylic acids is 1. The number of halogens is 4. The maximum atomic E-state index is 12.9. The van der Waals surface area contributed by atoms with Crippen LogP contribution in [0.1, 0.15) is 40.6 Å². The fourth-order valence-corrected chi connectivity index (χ4v) is 3.48. The maximum Gasteiger partial charge on any atom is 0.416 e. The SMILES string of the molecule is O=C(c1ccc(Cl)nc1)N1CCC(c2nc(-c3cccc(C(F)(F)F)c3)no2)CC1. The van der Waals surface area contributed by atoms with Gasteiger partial charge in [0.2, 0.25) is 11.7 Å². The van der Waals surface area contributed by atoms with Crippen molar-refractivity contribution in [2.24, 2.45) is 0 Å². The van der Waals surface area contributed by atoms with Crippen LogP contribution in [-0.4, -0.2) is 39.0 Å². The first-order valence-corrected chi connectivity index (χ1v) is 9.61. The first-order chi connectivity index (χ1) is 14.3. The van der Waals surface area contributed by atoms with E-state index in [-0.39, 0.29) is 23.2 Å². The highest BCUT2D eigenvalue weighted by molar-refractivity contribution is 6.29. The number of benzene rings is 1. The molecule has 1 amide bonds. The predicted molar refractivity (Wildman–Crippen MR) is 102 cm³/mol.